The second-order valence-electron chi connectivity index (χ2n) is 4.91. The van der Waals surface area contributed by atoms with Gasteiger partial charge in [0.25, 0.3) is 0 Å². The highest BCUT2D eigenvalue weighted by molar-refractivity contribution is 7.07. The van der Waals surface area contributed by atoms with Gasteiger partial charge in [-0.05, 0) is 46.2 Å². The number of hydrogen-bond acceptors (Lipinski definition) is 4. The van der Waals surface area contributed by atoms with Gasteiger partial charge in [0.05, 0.1) is 0 Å². The number of thiophene rings is 1. The molecule has 0 radical (unpaired) electrons. The second kappa shape index (κ2) is 6.74. The fourth-order valence-corrected chi connectivity index (χ4v) is 3.07. The largest absolute Gasteiger partial charge is 0.506 e. The highest BCUT2D eigenvalue weighted by Gasteiger charge is 2.13. The summed E-state index contributed by atoms with van der Waals surface area (Å²) in [6, 6.07) is 14.4. The normalized spacial score (nSPS) is 10.3. The van der Waals surface area contributed by atoms with Crippen LogP contribution in [0.5, 0.6) is 11.5 Å². The van der Waals surface area contributed by atoms with Crippen molar-refractivity contribution in [2.24, 2.45) is 0 Å². The number of ether oxygens (including phenoxy) is 1. The van der Waals surface area contributed by atoms with Crippen molar-refractivity contribution >= 4 is 22.9 Å². The number of benzene rings is 2. The molecule has 1 aromatic heterocycles. The van der Waals surface area contributed by atoms with Gasteiger partial charge in [-0.1, -0.05) is 23.7 Å². The molecule has 0 unspecified atom stereocenters. The molecule has 1 heterocycles. The molecule has 3 aromatic rings. The quantitative estimate of drug-likeness (QED) is 0.707. The molecule has 0 amide bonds. The summed E-state index contributed by atoms with van der Waals surface area (Å²) in [4.78, 5) is 0. The zero-order valence-electron chi connectivity index (χ0n) is 12.0. The first kappa shape index (κ1) is 15.4. The number of phenols is 1. The van der Waals surface area contributed by atoms with Crippen molar-refractivity contribution in [2.45, 2.75) is 6.61 Å². The zero-order chi connectivity index (χ0) is 16.2. The molecular formula is C18H12ClNO2S. The highest BCUT2D eigenvalue weighted by Crippen LogP contribution is 2.35. The van der Waals surface area contributed by atoms with E-state index in [0.717, 1.165) is 11.1 Å². The molecule has 0 spiro atoms. The van der Waals surface area contributed by atoms with Crippen LogP contribution in [0.15, 0.2) is 53.2 Å². The first-order valence-electron chi connectivity index (χ1n) is 6.84. The molecule has 23 heavy (non-hydrogen) atoms. The fourth-order valence-electron chi connectivity index (χ4n) is 2.23. The van der Waals surface area contributed by atoms with Crippen LogP contribution in [0.1, 0.15) is 11.1 Å². The summed E-state index contributed by atoms with van der Waals surface area (Å²) >= 11 is 7.62. The summed E-state index contributed by atoms with van der Waals surface area (Å²) in [6.45, 7) is 0.407. The lowest BCUT2D eigenvalue weighted by Gasteiger charge is -2.11. The van der Waals surface area contributed by atoms with E-state index in [9.17, 15) is 10.4 Å². The topological polar surface area (TPSA) is 53.2 Å². The molecule has 0 atom stereocenters. The molecule has 0 bridgehead atoms. The number of aromatic hydroxyl groups is 1. The molecule has 3 nitrogen and oxygen atoms in total. The van der Waals surface area contributed by atoms with Gasteiger partial charge in [0, 0.05) is 16.7 Å². The minimum absolute atomic E-state index is 0.106. The van der Waals surface area contributed by atoms with Gasteiger partial charge in [-0.2, -0.15) is 16.6 Å². The summed E-state index contributed by atoms with van der Waals surface area (Å²) in [5.74, 6) is 0.396. The van der Waals surface area contributed by atoms with E-state index in [1.807, 2.05) is 29.0 Å². The molecule has 0 aliphatic carbocycles. The summed E-state index contributed by atoms with van der Waals surface area (Å²) in [6.07, 6.45) is 0. The van der Waals surface area contributed by atoms with E-state index in [4.69, 9.17) is 16.3 Å². The van der Waals surface area contributed by atoms with Crippen molar-refractivity contribution in [1.82, 2.24) is 0 Å². The Balaban J connectivity index is 1.98. The van der Waals surface area contributed by atoms with E-state index in [1.54, 1.807) is 35.6 Å². The molecule has 0 saturated heterocycles. The average Bonchev–Trinajstić information content (AvgIpc) is 3.06. The Morgan fingerprint density at radius 3 is 2.78 bits per heavy atom. The Hall–Kier alpha value is -2.48. The zero-order valence-corrected chi connectivity index (χ0v) is 13.6. The maximum Gasteiger partial charge on any atom is 0.137 e. The summed E-state index contributed by atoms with van der Waals surface area (Å²) in [5.41, 5.74) is 2.61. The smallest absolute Gasteiger partial charge is 0.137 e. The lowest BCUT2D eigenvalue weighted by Crippen LogP contribution is -1.95. The van der Waals surface area contributed by atoms with E-state index >= 15 is 0 Å². The third-order valence-electron chi connectivity index (χ3n) is 3.32. The number of phenolic OH excluding ortho intramolecular Hbond substituents is 1. The van der Waals surface area contributed by atoms with Gasteiger partial charge < -0.3 is 9.84 Å². The van der Waals surface area contributed by atoms with Gasteiger partial charge in [-0.15, -0.1) is 0 Å². The average molecular weight is 342 g/mol. The first-order valence-corrected chi connectivity index (χ1v) is 8.16. The minimum atomic E-state index is -0.106. The van der Waals surface area contributed by atoms with Crippen molar-refractivity contribution in [3.63, 3.8) is 0 Å². The Morgan fingerprint density at radius 2 is 2.09 bits per heavy atom. The van der Waals surface area contributed by atoms with Crippen molar-refractivity contribution in [3.8, 4) is 28.7 Å². The predicted octanol–water partition coefficient (Wildman–Crippen LogP) is 5.22. The van der Waals surface area contributed by atoms with E-state index < -0.39 is 0 Å². The molecule has 5 heteroatoms. The van der Waals surface area contributed by atoms with Crippen LogP contribution < -0.4 is 4.74 Å². The van der Waals surface area contributed by atoms with Crippen molar-refractivity contribution in [3.05, 3.63) is 69.4 Å². The van der Waals surface area contributed by atoms with Crippen molar-refractivity contribution in [2.75, 3.05) is 0 Å². The summed E-state index contributed by atoms with van der Waals surface area (Å²) in [5, 5.41) is 24.0. The maximum absolute atomic E-state index is 10.1. The Bertz CT molecular complexity index is 869. The molecule has 0 fully saturated rings. The van der Waals surface area contributed by atoms with Crippen LogP contribution >= 0.6 is 22.9 Å². The van der Waals surface area contributed by atoms with E-state index in [-0.39, 0.29) is 11.3 Å². The molecule has 0 saturated carbocycles. The van der Waals surface area contributed by atoms with Crippen LogP contribution in [0.2, 0.25) is 5.02 Å². The van der Waals surface area contributed by atoms with Crippen molar-refractivity contribution < 1.29 is 9.84 Å². The van der Waals surface area contributed by atoms with Crippen LogP contribution in [-0.2, 0) is 6.61 Å². The third-order valence-corrected chi connectivity index (χ3v) is 4.29. The van der Waals surface area contributed by atoms with Gasteiger partial charge in [-0.25, -0.2) is 0 Å². The van der Waals surface area contributed by atoms with Gasteiger partial charge in [-0.3, -0.25) is 0 Å². The Labute approximate surface area is 143 Å². The number of nitrogens with zero attached hydrogens (tertiary/aromatic N) is 1. The summed E-state index contributed by atoms with van der Waals surface area (Å²) < 4.78 is 5.73. The summed E-state index contributed by atoms with van der Waals surface area (Å²) in [7, 11) is 0. The molecule has 0 aliphatic heterocycles. The number of rotatable bonds is 4. The van der Waals surface area contributed by atoms with Crippen LogP contribution in [0.4, 0.5) is 0 Å². The Kier molecular flexibility index (Phi) is 4.52. The van der Waals surface area contributed by atoms with Crippen molar-refractivity contribution in [1.29, 1.82) is 5.26 Å². The van der Waals surface area contributed by atoms with Crippen LogP contribution in [0.25, 0.3) is 11.1 Å². The van der Waals surface area contributed by atoms with Gasteiger partial charge in [0.2, 0.25) is 0 Å². The Morgan fingerprint density at radius 1 is 1.22 bits per heavy atom. The van der Waals surface area contributed by atoms with Gasteiger partial charge in [0.15, 0.2) is 0 Å². The fraction of sp³-hybridized carbons (Fsp3) is 0.0556. The lowest BCUT2D eigenvalue weighted by molar-refractivity contribution is 0.305. The first-order chi connectivity index (χ1) is 11.2. The number of nitriles is 1. The van der Waals surface area contributed by atoms with Gasteiger partial charge >= 0.3 is 0 Å². The molecule has 2 aromatic carbocycles. The number of hydrogen-bond donors (Lipinski definition) is 1. The van der Waals surface area contributed by atoms with E-state index in [0.29, 0.717) is 22.9 Å². The third kappa shape index (κ3) is 3.48. The highest BCUT2D eigenvalue weighted by atomic mass is 35.5. The monoisotopic (exact) mass is 341 g/mol. The minimum Gasteiger partial charge on any atom is -0.506 e. The van der Waals surface area contributed by atoms with Crippen LogP contribution in [0.3, 0.4) is 0 Å². The second-order valence-corrected chi connectivity index (χ2v) is 6.12. The molecule has 3 rings (SSSR count). The molecular weight excluding hydrogens is 330 g/mol. The molecule has 114 valence electrons. The van der Waals surface area contributed by atoms with Crippen LogP contribution in [0, 0.1) is 11.3 Å². The maximum atomic E-state index is 10.1. The van der Waals surface area contributed by atoms with Crippen LogP contribution in [-0.4, -0.2) is 5.11 Å². The number of halogens is 1. The van der Waals surface area contributed by atoms with E-state index in [2.05, 4.69) is 0 Å². The lowest BCUT2D eigenvalue weighted by atomic mass is 9.99. The predicted molar refractivity (Wildman–Crippen MR) is 91.9 cm³/mol. The SMILES string of the molecule is N#Cc1c(O)cc(OCc2ccsc2)cc1-c1cccc(Cl)c1. The van der Waals surface area contributed by atoms with E-state index in [1.165, 1.54) is 6.07 Å². The molecule has 1 N–H and O–H groups in total. The molecule has 0 aliphatic rings. The van der Waals surface area contributed by atoms with Gasteiger partial charge in [0.1, 0.15) is 29.7 Å². The standard InChI is InChI=1S/C18H12ClNO2S/c19-14-3-1-2-13(6-14)16-7-15(8-18(21)17(16)9-20)22-10-12-4-5-23-11-12/h1-8,11,21H,10H2.